The third kappa shape index (κ3) is 2.78. The fourth-order valence-corrected chi connectivity index (χ4v) is 2.20. The normalized spacial score (nSPS) is 13.7. The molecule has 1 heterocycles. The van der Waals surface area contributed by atoms with E-state index in [2.05, 4.69) is 25.8 Å². The first-order valence-corrected chi connectivity index (χ1v) is 5.52. The lowest BCUT2D eigenvalue weighted by molar-refractivity contribution is 0.508. The van der Waals surface area contributed by atoms with E-state index in [1.165, 1.54) is 4.88 Å². The number of hydrogen-bond acceptors (Lipinski definition) is 3. The van der Waals surface area contributed by atoms with Crippen molar-refractivity contribution in [3.63, 3.8) is 0 Å². The molecule has 1 atom stereocenters. The number of thiazole rings is 1. The van der Waals surface area contributed by atoms with Gasteiger partial charge in [0.2, 0.25) is 0 Å². The molecule has 1 aromatic rings. The summed E-state index contributed by atoms with van der Waals surface area (Å²) in [4.78, 5) is 5.74. The van der Waals surface area contributed by atoms with Crippen molar-refractivity contribution < 1.29 is 0 Å². The maximum atomic E-state index is 6.03. The summed E-state index contributed by atoms with van der Waals surface area (Å²) in [6.07, 6.45) is 1.02. The Morgan fingerprint density at radius 3 is 2.38 bits per heavy atom. The van der Waals surface area contributed by atoms with E-state index < -0.39 is 0 Å². The van der Waals surface area contributed by atoms with E-state index in [1.54, 1.807) is 11.3 Å². The largest absolute Gasteiger partial charge is 0.322 e. The number of aryl methyl sites for hydroxylation is 2. The van der Waals surface area contributed by atoms with Crippen molar-refractivity contribution in [3.05, 3.63) is 15.6 Å². The second-order valence-electron chi connectivity index (χ2n) is 3.93. The Balaban J connectivity index is 2.71. The minimum Gasteiger partial charge on any atom is -0.322 e. The van der Waals surface area contributed by atoms with Crippen molar-refractivity contribution in [1.29, 1.82) is 0 Å². The van der Waals surface area contributed by atoms with Gasteiger partial charge in [0.15, 0.2) is 0 Å². The molecule has 0 saturated heterocycles. The van der Waals surface area contributed by atoms with Crippen molar-refractivity contribution in [3.8, 4) is 0 Å². The van der Waals surface area contributed by atoms with Gasteiger partial charge in [-0.25, -0.2) is 4.98 Å². The van der Waals surface area contributed by atoms with Crippen molar-refractivity contribution in [2.45, 2.75) is 40.2 Å². The van der Waals surface area contributed by atoms with Crippen LogP contribution in [-0.4, -0.2) is 4.98 Å². The Hall–Kier alpha value is -0.410. The summed E-state index contributed by atoms with van der Waals surface area (Å²) in [5.74, 6) is 0.638. The molecule has 0 bridgehead atoms. The highest BCUT2D eigenvalue weighted by atomic mass is 32.1. The Morgan fingerprint density at radius 2 is 2.00 bits per heavy atom. The lowest BCUT2D eigenvalue weighted by Crippen LogP contribution is -2.12. The fourth-order valence-electron chi connectivity index (χ4n) is 1.26. The molecule has 0 aromatic carbocycles. The van der Waals surface area contributed by atoms with Crippen molar-refractivity contribution in [2.75, 3.05) is 0 Å². The molecule has 0 amide bonds. The molecular weight excluding hydrogens is 180 g/mol. The Kier molecular flexibility index (Phi) is 3.45. The van der Waals surface area contributed by atoms with Crippen LogP contribution in [0.2, 0.25) is 0 Å². The van der Waals surface area contributed by atoms with E-state index in [-0.39, 0.29) is 6.04 Å². The van der Waals surface area contributed by atoms with Crippen LogP contribution >= 0.6 is 11.3 Å². The summed E-state index contributed by atoms with van der Waals surface area (Å²) in [5, 5.41) is 1.09. The van der Waals surface area contributed by atoms with Crippen LogP contribution < -0.4 is 5.73 Å². The predicted molar refractivity (Wildman–Crippen MR) is 58.0 cm³/mol. The van der Waals surface area contributed by atoms with Crippen LogP contribution in [0.15, 0.2) is 0 Å². The van der Waals surface area contributed by atoms with Gasteiger partial charge in [-0.3, -0.25) is 0 Å². The van der Waals surface area contributed by atoms with Gasteiger partial charge >= 0.3 is 0 Å². The van der Waals surface area contributed by atoms with Gasteiger partial charge in [-0.05, 0) is 26.2 Å². The average Bonchev–Trinajstić information content (AvgIpc) is 2.31. The number of hydrogen-bond donors (Lipinski definition) is 1. The third-order valence-electron chi connectivity index (χ3n) is 2.09. The van der Waals surface area contributed by atoms with Crippen LogP contribution in [0.3, 0.4) is 0 Å². The van der Waals surface area contributed by atoms with Crippen LogP contribution in [0, 0.1) is 19.8 Å². The van der Waals surface area contributed by atoms with Gasteiger partial charge < -0.3 is 5.73 Å². The molecule has 0 unspecified atom stereocenters. The maximum absolute atomic E-state index is 6.03. The first-order valence-electron chi connectivity index (χ1n) is 4.70. The summed E-state index contributed by atoms with van der Waals surface area (Å²) < 4.78 is 0. The van der Waals surface area contributed by atoms with Crippen molar-refractivity contribution >= 4 is 11.3 Å². The Bertz CT molecular complexity index is 259. The summed E-state index contributed by atoms with van der Waals surface area (Å²) in [6.45, 7) is 8.51. The van der Waals surface area contributed by atoms with E-state index in [0.717, 1.165) is 17.1 Å². The molecule has 0 fully saturated rings. The van der Waals surface area contributed by atoms with Gasteiger partial charge in [0.25, 0.3) is 0 Å². The van der Waals surface area contributed by atoms with Crippen LogP contribution in [0.1, 0.15) is 41.9 Å². The molecule has 0 aliphatic rings. The van der Waals surface area contributed by atoms with Gasteiger partial charge in [-0.1, -0.05) is 13.8 Å². The maximum Gasteiger partial charge on any atom is 0.110 e. The minimum atomic E-state index is 0.123. The third-order valence-corrected chi connectivity index (χ3v) is 3.29. The fraction of sp³-hybridized carbons (Fsp3) is 0.700. The van der Waals surface area contributed by atoms with Gasteiger partial charge in [0.05, 0.1) is 11.7 Å². The van der Waals surface area contributed by atoms with Crippen LogP contribution in [-0.2, 0) is 0 Å². The smallest absolute Gasteiger partial charge is 0.110 e. The Labute approximate surface area is 84.2 Å². The van der Waals surface area contributed by atoms with E-state index in [4.69, 9.17) is 5.73 Å². The van der Waals surface area contributed by atoms with Crippen molar-refractivity contribution in [1.82, 2.24) is 4.98 Å². The zero-order valence-corrected chi connectivity index (χ0v) is 9.61. The molecule has 0 saturated carbocycles. The van der Waals surface area contributed by atoms with Crippen LogP contribution in [0.4, 0.5) is 0 Å². The van der Waals surface area contributed by atoms with E-state index in [9.17, 15) is 0 Å². The summed E-state index contributed by atoms with van der Waals surface area (Å²) in [7, 11) is 0. The number of rotatable bonds is 3. The lowest BCUT2D eigenvalue weighted by atomic mass is 10.1. The van der Waals surface area contributed by atoms with E-state index in [1.807, 2.05) is 6.92 Å². The molecule has 0 spiro atoms. The topological polar surface area (TPSA) is 38.9 Å². The SMILES string of the molecule is Cc1nc([C@@H](N)CC(C)C)sc1C. The number of aromatic nitrogens is 1. The molecule has 13 heavy (non-hydrogen) atoms. The molecule has 2 nitrogen and oxygen atoms in total. The van der Waals surface area contributed by atoms with E-state index >= 15 is 0 Å². The van der Waals surface area contributed by atoms with Crippen LogP contribution in [0.25, 0.3) is 0 Å². The first kappa shape index (κ1) is 10.7. The van der Waals surface area contributed by atoms with Gasteiger partial charge in [-0.2, -0.15) is 0 Å². The molecule has 1 aromatic heterocycles. The quantitative estimate of drug-likeness (QED) is 0.811. The molecule has 3 heteroatoms. The highest BCUT2D eigenvalue weighted by molar-refractivity contribution is 7.11. The average molecular weight is 198 g/mol. The molecule has 0 radical (unpaired) electrons. The zero-order chi connectivity index (χ0) is 10.0. The summed E-state index contributed by atoms with van der Waals surface area (Å²) >= 11 is 1.73. The summed E-state index contributed by atoms with van der Waals surface area (Å²) in [5.41, 5.74) is 7.15. The van der Waals surface area contributed by atoms with Crippen molar-refractivity contribution in [2.24, 2.45) is 11.7 Å². The standard InChI is InChI=1S/C10H18N2S/c1-6(2)5-9(11)10-12-7(3)8(4)13-10/h6,9H,5,11H2,1-4H3/t9-/m0/s1. The second-order valence-corrected chi connectivity index (χ2v) is 5.16. The molecule has 74 valence electrons. The van der Waals surface area contributed by atoms with E-state index in [0.29, 0.717) is 5.92 Å². The summed E-state index contributed by atoms with van der Waals surface area (Å²) in [6, 6.07) is 0.123. The second kappa shape index (κ2) is 4.20. The lowest BCUT2D eigenvalue weighted by Gasteiger charge is -2.10. The molecule has 2 N–H and O–H groups in total. The van der Waals surface area contributed by atoms with Gasteiger partial charge in [-0.15, -0.1) is 11.3 Å². The minimum absolute atomic E-state index is 0.123. The molecule has 0 aliphatic carbocycles. The van der Waals surface area contributed by atoms with Gasteiger partial charge in [0, 0.05) is 4.88 Å². The zero-order valence-electron chi connectivity index (χ0n) is 8.79. The molecular formula is C10H18N2S. The predicted octanol–water partition coefficient (Wildman–Crippen LogP) is 2.81. The molecule has 1 rings (SSSR count). The monoisotopic (exact) mass is 198 g/mol. The first-order chi connectivity index (χ1) is 6.00. The van der Waals surface area contributed by atoms with Crippen LogP contribution in [0.5, 0.6) is 0 Å². The highest BCUT2D eigenvalue weighted by Gasteiger charge is 2.13. The number of nitrogens with two attached hydrogens (primary N) is 1. The number of nitrogens with zero attached hydrogens (tertiary/aromatic N) is 1. The van der Waals surface area contributed by atoms with Gasteiger partial charge in [0.1, 0.15) is 5.01 Å². The Morgan fingerprint density at radius 1 is 1.38 bits per heavy atom. The molecule has 0 aliphatic heterocycles. The highest BCUT2D eigenvalue weighted by Crippen LogP contribution is 2.25.